The number of rotatable bonds is 12. The van der Waals surface area contributed by atoms with Crippen LogP contribution in [0.2, 0.25) is 0 Å². The van der Waals surface area contributed by atoms with Crippen LogP contribution in [-0.4, -0.2) is 58.8 Å². The molecule has 1 aromatic heterocycles. The van der Waals surface area contributed by atoms with Crippen LogP contribution in [0.25, 0.3) is 10.9 Å². The normalized spacial score (nSPS) is 18.2. The lowest BCUT2D eigenvalue weighted by molar-refractivity contribution is 0.134. The first kappa shape index (κ1) is 31.2. The van der Waals surface area contributed by atoms with Crippen LogP contribution in [0.5, 0.6) is 17.2 Å². The van der Waals surface area contributed by atoms with Gasteiger partial charge in [0.25, 0.3) is 5.56 Å². The number of aromatic nitrogens is 2. The van der Waals surface area contributed by atoms with Crippen molar-refractivity contribution in [1.29, 1.82) is 0 Å². The Morgan fingerprint density at radius 1 is 0.844 bits per heavy atom. The summed E-state index contributed by atoms with van der Waals surface area (Å²) in [6, 6.07) is 10.3. The van der Waals surface area contributed by atoms with Crippen LogP contribution in [0, 0.1) is 0 Å². The number of nitrogens with zero attached hydrogens (tertiary/aromatic N) is 3. The number of fused-ring (bicyclic) bond motifs is 1. The lowest BCUT2D eigenvalue weighted by atomic mass is 10.0. The minimum absolute atomic E-state index is 0.0342. The van der Waals surface area contributed by atoms with Gasteiger partial charge in [-0.3, -0.25) is 13.9 Å². The lowest BCUT2D eigenvalue weighted by Gasteiger charge is -2.32. The van der Waals surface area contributed by atoms with E-state index in [2.05, 4.69) is 11.5 Å². The molecular formula is C35H43F2N3O5. The number of ether oxygens (including phenoxy) is 3. The zero-order valence-corrected chi connectivity index (χ0v) is 25.8. The molecular weight excluding hydrogens is 580 g/mol. The number of piperidine rings is 1. The van der Waals surface area contributed by atoms with Crippen molar-refractivity contribution in [3.8, 4) is 17.2 Å². The summed E-state index contributed by atoms with van der Waals surface area (Å²) >= 11 is 0. The summed E-state index contributed by atoms with van der Waals surface area (Å²) in [7, 11) is 0. The molecule has 0 radical (unpaired) electrons. The van der Waals surface area contributed by atoms with Crippen LogP contribution in [0.4, 0.5) is 8.78 Å². The minimum Gasteiger partial charge on any atom is -0.487 e. The quantitative estimate of drug-likeness (QED) is 0.235. The van der Waals surface area contributed by atoms with Gasteiger partial charge in [-0.2, -0.15) is 0 Å². The third-order valence-electron chi connectivity index (χ3n) is 9.45. The van der Waals surface area contributed by atoms with Crippen molar-refractivity contribution in [1.82, 2.24) is 14.0 Å². The maximum Gasteiger partial charge on any atom is 0.332 e. The molecule has 2 heterocycles. The Labute approximate surface area is 262 Å². The molecule has 0 N–H and O–H groups in total. The predicted molar refractivity (Wildman–Crippen MR) is 170 cm³/mol. The Morgan fingerprint density at radius 2 is 1.49 bits per heavy atom. The summed E-state index contributed by atoms with van der Waals surface area (Å²) in [6.45, 7) is 3.39. The first-order chi connectivity index (χ1) is 22.0. The third-order valence-corrected chi connectivity index (χ3v) is 9.45. The van der Waals surface area contributed by atoms with Crippen LogP contribution >= 0.6 is 0 Å². The van der Waals surface area contributed by atoms with Crippen molar-refractivity contribution in [2.24, 2.45) is 0 Å². The Morgan fingerprint density at radius 3 is 2.11 bits per heavy atom. The van der Waals surface area contributed by atoms with E-state index in [4.69, 9.17) is 14.2 Å². The highest BCUT2D eigenvalue weighted by Gasteiger charge is 2.26. The number of hydrogen-bond acceptors (Lipinski definition) is 6. The van der Waals surface area contributed by atoms with E-state index in [-0.39, 0.29) is 35.9 Å². The highest BCUT2D eigenvalue weighted by atomic mass is 19.1. The minimum atomic E-state index is -1.26. The maximum absolute atomic E-state index is 14.2. The largest absolute Gasteiger partial charge is 0.487 e. The SMILES string of the molecule is C=CN1CCC(n2c(=O)n(Cc3ccc(OC4CCCC4)c(OC4CCCC4)c3)c(=O)c3cc(OC(CF)CF)ccc32)CC1. The zero-order chi connectivity index (χ0) is 31.3. The molecule has 3 aliphatic rings. The van der Waals surface area contributed by atoms with Crippen LogP contribution in [-0.2, 0) is 6.54 Å². The molecule has 3 fully saturated rings. The molecule has 1 aliphatic heterocycles. The second-order valence-electron chi connectivity index (χ2n) is 12.6. The molecule has 6 rings (SSSR count). The molecule has 10 heteroatoms. The fraction of sp³-hybridized carbons (Fsp3) is 0.543. The number of halogens is 2. The molecule has 0 amide bonds. The molecule has 8 nitrogen and oxygen atoms in total. The molecule has 0 unspecified atom stereocenters. The standard InChI is InChI=1S/C35H43F2N3O5/c1-2-38-17-15-25(16-18-38)40-31-13-12-28(43-29(21-36)22-37)20-30(31)34(41)39(35(40)42)23-24-11-14-32(44-26-7-3-4-8-26)33(19-24)45-27-9-5-6-10-27/h2,11-14,19-20,25-27,29H,1,3-10,15-18,21-23H2. The van der Waals surface area contributed by atoms with E-state index < -0.39 is 30.7 Å². The Kier molecular flexibility index (Phi) is 9.76. The van der Waals surface area contributed by atoms with Gasteiger partial charge in [0.1, 0.15) is 19.1 Å². The summed E-state index contributed by atoms with van der Waals surface area (Å²) in [5.74, 6) is 1.53. The van der Waals surface area contributed by atoms with Gasteiger partial charge in [-0.1, -0.05) is 12.6 Å². The van der Waals surface area contributed by atoms with Crippen molar-refractivity contribution in [2.45, 2.75) is 95.1 Å². The van der Waals surface area contributed by atoms with Gasteiger partial charge in [-0.25, -0.2) is 13.6 Å². The Balaban J connectivity index is 1.40. The zero-order valence-electron chi connectivity index (χ0n) is 25.8. The summed E-state index contributed by atoms with van der Waals surface area (Å²) < 4.78 is 47.8. The highest BCUT2D eigenvalue weighted by molar-refractivity contribution is 5.80. The van der Waals surface area contributed by atoms with Gasteiger partial charge >= 0.3 is 5.69 Å². The molecule has 242 valence electrons. The topological polar surface area (TPSA) is 74.9 Å². The van der Waals surface area contributed by atoms with Crippen molar-refractivity contribution in [3.63, 3.8) is 0 Å². The molecule has 2 aliphatic carbocycles. The molecule has 3 aromatic rings. The highest BCUT2D eigenvalue weighted by Crippen LogP contribution is 2.36. The summed E-state index contributed by atoms with van der Waals surface area (Å²) in [5, 5.41) is 0.262. The van der Waals surface area contributed by atoms with Gasteiger partial charge in [0, 0.05) is 19.1 Å². The summed E-state index contributed by atoms with van der Waals surface area (Å²) in [6.07, 6.45) is 10.8. The van der Waals surface area contributed by atoms with Crippen LogP contribution in [0.1, 0.15) is 75.8 Å². The smallest absolute Gasteiger partial charge is 0.332 e. The van der Waals surface area contributed by atoms with Crippen molar-refractivity contribution >= 4 is 10.9 Å². The van der Waals surface area contributed by atoms with Crippen LogP contribution < -0.4 is 25.5 Å². The third kappa shape index (κ3) is 6.89. The number of benzene rings is 2. The lowest BCUT2D eigenvalue weighted by Crippen LogP contribution is -2.43. The predicted octanol–water partition coefficient (Wildman–Crippen LogP) is 6.32. The van der Waals surface area contributed by atoms with E-state index in [9.17, 15) is 18.4 Å². The molecule has 45 heavy (non-hydrogen) atoms. The van der Waals surface area contributed by atoms with Gasteiger partial charge in [-0.05, 0) is 106 Å². The monoisotopic (exact) mass is 623 g/mol. The van der Waals surface area contributed by atoms with Gasteiger partial charge in [-0.15, -0.1) is 0 Å². The first-order valence-corrected chi connectivity index (χ1v) is 16.4. The average Bonchev–Trinajstić information content (AvgIpc) is 3.78. The van der Waals surface area contributed by atoms with Crippen molar-refractivity contribution in [3.05, 3.63) is 75.6 Å². The van der Waals surface area contributed by atoms with E-state index in [1.807, 2.05) is 18.2 Å². The molecule has 0 atom stereocenters. The number of likely N-dealkylation sites (tertiary alicyclic amines) is 1. The number of hydrogen-bond donors (Lipinski definition) is 0. The summed E-state index contributed by atoms with van der Waals surface area (Å²) in [4.78, 5) is 30.3. The Bertz CT molecular complexity index is 1600. The molecule has 2 aromatic carbocycles. The molecule has 2 saturated carbocycles. The van der Waals surface area contributed by atoms with Crippen LogP contribution in [0.15, 0.2) is 58.8 Å². The Hall–Kier alpha value is -3.82. The molecule has 0 spiro atoms. The number of alkyl halides is 2. The van der Waals surface area contributed by atoms with Crippen LogP contribution in [0.3, 0.4) is 0 Å². The van der Waals surface area contributed by atoms with Gasteiger partial charge < -0.3 is 19.1 Å². The van der Waals surface area contributed by atoms with E-state index in [0.29, 0.717) is 29.9 Å². The fourth-order valence-electron chi connectivity index (χ4n) is 6.95. The second kappa shape index (κ2) is 14.1. The maximum atomic E-state index is 14.2. The van der Waals surface area contributed by atoms with Crippen molar-refractivity contribution < 1.29 is 23.0 Å². The van der Waals surface area contributed by atoms with E-state index >= 15 is 0 Å². The fourth-order valence-corrected chi connectivity index (χ4v) is 6.95. The first-order valence-electron chi connectivity index (χ1n) is 16.4. The van der Waals surface area contributed by atoms with E-state index in [0.717, 1.165) is 70.0 Å². The van der Waals surface area contributed by atoms with E-state index in [1.165, 1.54) is 10.6 Å². The van der Waals surface area contributed by atoms with Gasteiger partial charge in [0.15, 0.2) is 17.6 Å². The second-order valence-corrected chi connectivity index (χ2v) is 12.6. The summed E-state index contributed by atoms with van der Waals surface area (Å²) in [5.41, 5.74) is 0.346. The van der Waals surface area contributed by atoms with Gasteiger partial charge in [0.2, 0.25) is 0 Å². The van der Waals surface area contributed by atoms with Crippen molar-refractivity contribution in [2.75, 3.05) is 26.4 Å². The average molecular weight is 624 g/mol. The van der Waals surface area contributed by atoms with Gasteiger partial charge in [0.05, 0.1) is 29.7 Å². The molecule has 0 bridgehead atoms. The van der Waals surface area contributed by atoms with E-state index in [1.54, 1.807) is 22.9 Å². The molecule has 1 saturated heterocycles.